The van der Waals surface area contributed by atoms with Gasteiger partial charge in [-0.05, 0) is 71.5 Å². The number of likely N-dealkylation sites (tertiary alicyclic amines) is 1. The van der Waals surface area contributed by atoms with E-state index in [0.29, 0.717) is 25.2 Å². The zero-order valence-electron chi connectivity index (χ0n) is 21.2. The molecule has 1 aliphatic heterocycles. The topological polar surface area (TPSA) is 32.8 Å². The number of hydrogen-bond acceptors (Lipinski definition) is 3. The fraction of sp³-hybridized carbons (Fsp3) is 0.367. The summed E-state index contributed by atoms with van der Waals surface area (Å²) in [5, 5.41) is 0. The third kappa shape index (κ3) is 6.49. The van der Waals surface area contributed by atoms with Gasteiger partial charge in [-0.2, -0.15) is 0 Å². The number of nitrogens with zero attached hydrogens (tertiary/aromatic N) is 2. The van der Waals surface area contributed by atoms with Crippen molar-refractivity contribution >= 4 is 5.91 Å². The minimum atomic E-state index is -0.358. The number of hydrogen-bond donors (Lipinski definition) is 0. The predicted molar refractivity (Wildman–Crippen MR) is 138 cm³/mol. The maximum absolute atomic E-state index is 13.8. The highest BCUT2D eigenvalue weighted by Gasteiger charge is 2.36. The number of benzene rings is 3. The molecule has 3 aromatic carbocycles. The van der Waals surface area contributed by atoms with Gasteiger partial charge in [0.05, 0.1) is 7.11 Å². The molecule has 0 bridgehead atoms. The molecule has 0 saturated carbocycles. The first-order chi connectivity index (χ1) is 17.3. The van der Waals surface area contributed by atoms with Gasteiger partial charge in [-0.3, -0.25) is 9.69 Å². The molecule has 0 N–H and O–H groups in total. The van der Waals surface area contributed by atoms with Crippen LogP contribution in [0.15, 0.2) is 72.8 Å². The molecule has 0 spiro atoms. The number of methoxy groups -OCH3 is 1. The van der Waals surface area contributed by atoms with E-state index in [9.17, 15) is 13.6 Å². The fourth-order valence-electron chi connectivity index (χ4n) is 5.16. The molecule has 1 aliphatic rings. The number of carbonyl (C=O) groups is 1. The van der Waals surface area contributed by atoms with E-state index in [1.807, 2.05) is 23.1 Å². The summed E-state index contributed by atoms with van der Waals surface area (Å²) in [6.45, 7) is 7.60. The summed E-state index contributed by atoms with van der Waals surface area (Å²) >= 11 is 0. The molecule has 0 aliphatic carbocycles. The van der Waals surface area contributed by atoms with Crippen molar-refractivity contribution in [2.45, 2.75) is 26.3 Å². The molecular formula is C30H34F2N2O2. The van der Waals surface area contributed by atoms with Crippen LogP contribution in [0.2, 0.25) is 0 Å². The highest BCUT2D eigenvalue weighted by molar-refractivity contribution is 5.94. The van der Waals surface area contributed by atoms with E-state index in [1.165, 1.54) is 23.8 Å². The van der Waals surface area contributed by atoms with Crippen molar-refractivity contribution < 1.29 is 18.3 Å². The van der Waals surface area contributed by atoms with Crippen LogP contribution in [0.5, 0.6) is 5.75 Å². The van der Waals surface area contributed by atoms with Gasteiger partial charge >= 0.3 is 0 Å². The number of ether oxygens (including phenoxy) is 1. The monoisotopic (exact) mass is 492 g/mol. The van der Waals surface area contributed by atoms with Crippen LogP contribution < -0.4 is 4.74 Å². The molecule has 2 atom stereocenters. The van der Waals surface area contributed by atoms with E-state index in [2.05, 4.69) is 30.9 Å². The van der Waals surface area contributed by atoms with Gasteiger partial charge in [-0.15, -0.1) is 0 Å². The van der Waals surface area contributed by atoms with Crippen LogP contribution in [-0.4, -0.2) is 49.0 Å². The zero-order chi connectivity index (χ0) is 25.7. The molecule has 1 fully saturated rings. The van der Waals surface area contributed by atoms with E-state index in [0.717, 1.165) is 24.4 Å². The predicted octanol–water partition coefficient (Wildman–Crippen LogP) is 5.99. The fourth-order valence-corrected chi connectivity index (χ4v) is 5.16. The summed E-state index contributed by atoms with van der Waals surface area (Å²) in [6.07, 6.45) is 0. The molecule has 190 valence electrons. The van der Waals surface area contributed by atoms with E-state index in [4.69, 9.17) is 4.74 Å². The van der Waals surface area contributed by atoms with Gasteiger partial charge in [-0.25, -0.2) is 8.78 Å². The molecule has 4 nitrogen and oxygen atoms in total. The number of halogens is 2. The van der Waals surface area contributed by atoms with Crippen molar-refractivity contribution in [1.29, 1.82) is 0 Å². The summed E-state index contributed by atoms with van der Waals surface area (Å²) in [6, 6.07) is 20.6. The van der Waals surface area contributed by atoms with Gasteiger partial charge in [0.25, 0.3) is 5.91 Å². The van der Waals surface area contributed by atoms with Gasteiger partial charge in [0, 0.05) is 44.2 Å². The molecule has 1 saturated heterocycles. The van der Waals surface area contributed by atoms with Gasteiger partial charge in [0.1, 0.15) is 17.4 Å². The molecule has 36 heavy (non-hydrogen) atoms. The summed E-state index contributed by atoms with van der Waals surface area (Å²) in [7, 11) is 1.66. The van der Waals surface area contributed by atoms with Gasteiger partial charge in [-0.1, -0.05) is 38.1 Å². The molecule has 3 aromatic rings. The summed E-state index contributed by atoms with van der Waals surface area (Å²) in [4.78, 5) is 17.7. The molecule has 0 unspecified atom stereocenters. The minimum Gasteiger partial charge on any atom is -0.497 e. The van der Waals surface area contributed by atoms with Gasteiger partial charge in [0.2, 0.25) is 0 Å². The van der Waals surface area contributed by atoms with Crippen molar-refractivity contribution in [3.05, 3.63) is 101 Å². The lowest BCUT2D eigenvalue weighted by atomic mass is 9.88. The summed E-state index contributed by atoms with van der Waals surface area (Å²) in [5.74, 6) is 0.768. The van der Waals surface area contributed by atoms with E-state index in [1.54, 1.807) is 31.4 Å². The molecule has 1 heterocycles. The van der Waals surface area contributed by atoms with Gasteiger partial charge in [0.15, 0.2) is 0 Å². The van der Waals surface area contributed by atoms with Crippen LogP contribution in [0.3, 0.4) is 0 Å². The lowest BCUT2D eigenvalue weighted by molar-refractivity contribution is 0.0703. The molecule has 0 radical (unpaired) electrons. The average molecular weight is 493 g/mol. The smallest absolute Gasteiger partial charge is 0.253 e. The molecule has 0 aromatic heterocycles. The van der Waals surface area contributed by atoms with E-state index >= 15 is 0 Å². The Kier molecular flexibility index (Phi) is 8.36. The highest BCUT2D eigenvalue weighted by Crippen LogP contribution is 2.36. The first-order valence-corrected chi connectivity index (χ1v) is 12.5. The standard InChI is InChI=1S/C30H34F2N2O2/c1-21(2)16-34(30(35)23-10-12-26(31)13-11-23)19-25-18-33(17-22-6-4-8-27(32)14-22)20-29(25)24-7-5-9-28(15-24)36-3/h4-15,21,25,29H,16-20H2,1-3H3/t25-,29+/m0/s1. The van der Waals surface area contributed by atoms with Gasteiger partial charge < -0.3 is 9.64 Å². The normalized spacial score (nSPS) is 17.9. The first kappa shape index (κ1) is 25.8. The quantitative estimate of drug-likeness (QED) is 0.368. The Balaban J connectivity index is 1.60. The summed E-state index contributed by atoms with van der Waals surface area (Å²) in [5.41, 5.74) is 2.59. The van der Waals surface area contributed by atoms with Crippen molar-refractivity contribution in [2.75, 3.05) is 33.3 Å². The second-order valence-electron chi connectivity index (χ2n) is 10.1. The Morgan fingerprint density at radius 1 is 1.00 bits per heavy atom. The van der Waals surface area contributed by atoms with E-state index in [-0.39, 0.29) is 35.3 Å². The minimum absolute atomic E-state index is 0.0864. The SMILES string of the molecule is COc1cccc([C@H]2CN(Cc3cccc(F)c3)C[C@H]2CN(CC(C)C)C(=O)c2ccc(F)cc2)c1. The molecule has 6 heteroatoms. The Morgan fingerprint density at radius 3 is 2.44 bits per heavy atom. The lowest BCUT2D eigenvalue weighted by Crippen LogP contribution is -2.39. The van der Waals surface area contributed by atoms with Crippen LogP contribution in [0.1, 0.15) is 41.3 Å². The Morgan fingerprint density at radius 2 is 1.75 bits per heavy atom. The maximum Gasteiger partial charge on any atom is 0.253 e. The first-order valence-electron chi connectivity index (χ1n) is 12.5. The lowest BCUT2D eigenvalue weighted by Gasteiger charge is -2.30. The molecule has 4 rings (SSSR count). The van der Waals surface area contributed by atoms with Crippen LogP contribution in [0.4, 0.5) is 8.78 Å². The van der Waals surface area contributed by atoms with Crippen LogP contribution in [-0.2, 0) is 6.54 Å². The molecular weight excluding hydrogens is 458 g/mol. The number of carbonyl (C=O) groups excluding carboxylic acids is 1. The summed E-state index contributed by atoms with van der Waals surface area (Å²) < 4.78 is 32.8. The van der Waals surface area contributed by atoms with Crippen molar-refractivity contribution in [2.24, 2.45) is 11.8 Å². The Labute approximate surface area is 212 Å². The third-order valence-corrected chi connectivity index (χ3v) is 6.75. The van der Waals surface area contributed by atoms with Crippen molar-refractivity contribution in [3.63, 3.8) is 0 Å². The van der Waals surface area contributed by atoms with Crippen LogP contribution >= 0.6 is 0 Å². The average Bonchev–Trinajstić information content (AvgIpc) is 3.25. The van der Waals surface area contributed by atoms with Crippen LogP contribution in [0, 0.1) is 23.5 Å². The second-order valence-corrected chi connectivity index (χ2v) is 10.1. The van der Waals surface area contributed by atoms with E-state index < -0.39 is 0 Å². The largest absolute Gasteiger partial charge is 0.497 e. The molecule has 1 amide bonds. The Hall–Kier alpha value is -3.25. The van der Waals surface area contributed by atoms with Crippen molar-refractivity contribution in [3.8, 4) is 5.75 Å². The number of rotatable bonds is 9. The van der Waals surface area contributed by atoms with Crippen LogP contribution in [0.25, 0.3) is 0 Å². The third-order valence-electron chi connectivity index (χ3n) is 6.75. The Bertz CT molecular complexity index is 1170. The van der Waals surface area contributed by atoms with Crippen molar-refractivity contribution in [1.82, 2.24) is 9.80 Å². The second kappa shape index (κ2) is 11.7. The highest BCUT2D eigenvalue weighted by atomic mass is 19.1. The zero-order valence-corrected chi connectivity index (χ0v) is 21.2. The number of amides is 1. The maximum atomic E-state index is 13.8.